The van der Waals surface area contributed by atoms with Gasteiger partial charge >= 0.3 is 0 Å². The summed E-state index contributed by atoms with van der Waals surface area (Å²) in [4.78, 5) is 0.00591. The minimum Gasteiger partial charge on any atom is -0.392 e. The topological polar surface area (TPSA) is 90.0 Å². The van der Waals surface area contributed by atoms with Crippen molar-refractivity contribution in [1.29, 1.82) is 0 Å². The van der Waals surface area contributed by atoms with Crippen LogP contribution in [0.25, 0.3) is 0 Å². The number of nitrogens with one attached hydrogen (secondary N) is 1. The van der Waals surface area contributed by atoms with Gasteiger partial charge in [0.25, 0.3) is 0 Å². The van der Waals surface area contributed by atoms with Gasteiger partial charge in [0.2, 0.25) is 10.0 Å². The van der Waals surface area contributed by atoms with Gasteiger partial charge in [-0.1, -0.05) is 19.1 Å². The Kier molecular flexibility index (Phi) is 5.24. The molecule has 0 saturated carbocycles. The molecule has 1 aromatic heterocycles. The van der Waals surface area contributed by atoms with Gasteiger partial charge in [-0.25, -0.2) is 13.1 Å². The fourth-order valence-electron chi connectivity index (χ4n) is 1.61. The molecule has 0 bridgehead atoms. The number of nitrogens with two attached hydrogens (primary N) is 1. The minimum atomic E-state index is -3.48. The van der Waals surface area contributed by atoms with Crippen LogP contribution in [0.15, 0.2) is 12.4 Å². The zero-order valence-electron chi connectivity index (χ0n) is 10.5. The molecule has 1 atom stereocenters. The van der Waals surface area contributed by atoms with Gasteiger partial charge in [-0.15, -0.1) is 0 Å². The summed E-state index contributed by atoms with van der Waals surface area (Å²) in [5.74, 6) is 0. The van der Waals surface area contributed by atoms with Crippen LogP contribution in [0.5, 0.6) is 0 Å². The first-order valence-corrected chi connectivity index (χ1v) is 7.57. The maximum Gasteiger partial charge on any atom is 0.221 e. The van der Waals surface area contributed by atoms with E-state index in [-0.39, 0.29) is 4.99 Å². The number of hydrogen-bond acceptors (Lipinski definition) is 4. The second kappa shape index (κ2) is 6.26. The fourth-order valence-corrected chi connectivity index (χ4v) is 3.49. The molecule has 1 aromatic rings. The molecule has 0 aliphatic rings. The molecule has 0 fully saturated rings. The van der Waals surface area contributed by atoms with E-state index < -0.39 is 15.3 Å². The van der Waals surface area contributed by atoms with Crippen LogP contribution in [0.2, 0.25) is 0 Å². The lowest BCUT2D eigenvalue weighted by molar-refractivity contribution is 0.574. The van der Waals surface area contributed by atoms with Gasteiger partial charge in [0.05, 0.1) is 11.2 Å². The Hall–Kier alpha value is -0.990. The Morgan fingerprint density at radius 3 is 2.78 bits per heavy atom. The molecule has 0 spiro atoms. The van der Waals surface area contributed by atoms with Crippen LogP contribution in [0.1, 0.15) is 18.9 Å². The first kappa shape index (κ1) is 15.1. The van der Waals surface area contributed by atoms with E-state index in [1.54, 1.807) is 17.8 Å². The Labute approximate surface area is 113 Å². The summed E-state index contributed by atoms with van der Waals surface area (Å²) in [6.45, 7) is 2.05. The van der Waals surface area contributed by atoms with E-state index in [0.717, 1.165) is 5.56 Å². The Morgan fingerprint density at radius 1 is 1.67 bits per heavy atom. The first-order chi connectivity index (χ1) is 8.36. The molecular formula is C10H18N4O2S2. The lowest BCUT2D eigenvalue weighted by Gasteiger charge is -2.14. The van der Waals surface area contributed by atoms with E-state index in [1.807, 2.05) is 13.2 Å². The van der Waals surface area contributed by atoms with E-state index in [4.69, 9.17) is 18.0 Å². The third-order valence-corrected chi connectivity index (χ3v) is 4.91. The molecule has 0 amide bonds. The van der Waals surface area contributed by atoms with Crippen molar-refractivity contribution in [3.63, 3.8) is 0 Å². The molecule has 1 heterocycles. The van der Waals surface area contributed by atoms with E-state index in [2.05, 4.69) is 9.82 Å². The zero-order chi connectivity index (χ0) is 13.8. The highest BCUT2D eigenvalue weighted by Crippen LogP contribution is 2.05. The predicted molar refractivity (Wildman–Crippen MR) is 74.7 cm³/mol. The Morgan fingerprint density at radius 2 is 2.33 bits per heavy atom. The van der Waals surface area contributed by atoms with Crippen molar-refractivity contribution < 1.29 is 8.42 Å². The second-order valence-electron chi connectivity index (χ2n) is 4.01. The van der Waals surface area contributed by atoms with Crippen molar-refractivity contribution in [2.75, 3.05) is 6.54 Å². The molecule has 3 N–H and O–H groups in total. The second-order valence-corrected chi connectivity index (χ2v) is 6.43. The number of hydrogen-bond donors (Lipinski definition) is 2. The molecule has 102 valence electrons. The smallest absolute Gasteiger partial charge is 0.221 e. The fraction of sp³-hybridized carbons (Fsp3) is 0.600. The molecule has 0 saturated heterocycles. The van der Waals surface area contributed by atoms with E-state index in [0.29, 0.717) is 19.4 Å². The molecule has 6 nitrogen and oxygen atoms in total. The summed E-state index contributed by atoms with van der Waals surface area (Å²) >= 11 is 4.76. The summed E-state index contributed by atoms with van der Waals surface area (Å²) in [5, 5.41) is 3.21. The van der Waals surface area contributed by atoms with Crippen molar-refractivity contribution in [3.8, 4) is 0 Å². The van der Waals surface area contributed by atoms with Crippen LogP contribution in [-0.4, -0.2) is 35.0 Å². The summed E-state index contributed by atoms with van der Waals surface area (Å²) in [6, 6.07) is 0. The molecule has 8 heteroatoms. The maximum atomic E-state index is 11.9. The van der Waals surface area contributed by atoms with Crippen molar-refractivity contribution in [1.82, 2.24) is 14.5 Å². The quantitative estimate of drug-likeness (QED) is 0.687. The van der Waals surface area contributed by atoms with Crippen molar-refractivity contribution in [2.45, 2.75) is 25.0 Å². The largest absolute Gasteiger partial charge is 0.392 e. The number of rotatable bonds is 7. The van der Waals surface area contributed by atoms with Crippen molar-refractivity contribution in [3.05, 3.63) is 18.0 Å². The summed E-state index contributed by atoms with van der Waals surface area (Å²) in [6.07, 6.45) is 4.51. The van der Waals surface area contributed by atoms with Crippen LogP contribution in [0, 0.1) is 0 Å². The molecule has 0 aliphatic carbocycles. The van der Waals surface area contributed by atoms with E-state index in [9.17, 15) is 8.42 Å². The number of thiocarbonyl (C=S) groups is 1. The number of aryl methyl sites for hydroxylation is 1. The number of sulfonamides is 1. The highest BCUT2D eigenvalue weighted by atomic mass is 32.2. The third kappa shape index (κ3) is 4.04. The average Bonchev–Trinajstić information content (AvgIpc) is 2.63. The lowest BCUT2D eigenvalue weighted by Crippen LogP contribution is -2.42. The lowest BCUT2D eigenvalue weighted by atomic mass is 10.3. The summed E-state index contributed by atoms with van der Waals surface area (Å²) in [7, 11) is -1.67. The van der Waals surface area contributed by atoms with Gasteiger partial charge in [-0.3, -0.25) is 4.68 Å². The van der Waals surface area contributed by atoms with Crippen LogP contribution in [0.3, 0.4) is 0 Å². The highest BCUT2D eigenvalue weighted by molar-refractivity contribution is 7.93. The number of nitrogens with zero attached hydrogens (tertiary/aromatic N) is 2. The average molecular weight is 290 g/mol. The molecule has 0 radical (unpaired) electrons. The molecule has 1 unspecified atom stereocenters. The normalized spacial score (nSPS) is 13.4. The molecule has 1 rings (SSSR count). The van der Waals surface area contributed by atoms with Crippen LogP contribution < -0.4 is 10.5 Å². The van der Waals surface area contributed by atoms with Crippen molar-refractivity contribution >= 4 is 27.2 Å². The van der Waals surface area contributed by atoms with Crippen LogP contribution >= 0.6 is 12.2 Å². The first-order valence-electron chi connectivity index (χ1n) is 5.62. The monoisotopic (exact) mass is 290 g/mol. The van der Waals surface area contributed by atoms with Gasteiger partial charge in [0.15, 0.2) is 0 Å². The van der Waals surface area contributed by atoms with E-state index >= 15 is 0 Å². The van der Waals surface area contributed by atoms with Gasteiger partial charge in [0, 0.05) is 19.8 Å². The van der Waals surface area contributed by atoms with Gasteiger partial charge < -0.3 is 5.73 Å². The highest BCUT2D eigenvalue weighted by Gasteiger charge is 2.25. The molecule has 0 aromatic carbocycles. The molecule has 0 aliphatic heterocycles. The van der Waals surface area contributed by atoms with Gasteiger partial charge in [-0.05, 0) is 18.4 Å². The number of aromatic nitrogens is 2. The van der Waals surface area contributed by atoms with Crippen molar-refractivity contribution in [2.24, 2.45) is 12.8 Å². The standard InChI is InChI=1S/C10H18N4O2S2/c1-3-9(10(11)17)18(15,16)13-5-4-8-6-12-14(2)7-8/h6-7,9,13H,3-5H2,1-2H3,(H2,11,17). The van der Waals surface area contributed by atoms with Crippen LogP contribution in [-0.2, 0) is 23.5 Å². The van der Waals surface area contributed by atoms with Gasteiger partial charge in [0.1, 0.15) is 5.25 Å². The predicted octanol–water partition coefficient (Wildman–Crippen LogP) is -0.0533. The molecule has 18 heavy (non-hydrogen) atoms. The SMILES string of the molecule is CCC(C(N)=S)S(=O)(=O)NCCc1cnn(C)c1. The summed E-state index contributed by atoms with van der Waals surface area (Å²) in [5.41, 5.74) is 6.39. The maximum absolute atomic E-state index is 11.9. The van der Waals surface area contributed by atoms with Gasteiger partial charge in [-0.2, -0.15) is 5.10 Å². The Bertz CT molecular complexity index is 510. The van der Waals surface area contributed by atoms with Crippen LogP contribution in [0.4, 0.5) is 0 Å². The minimum absolute atomic E-state index is 0.00591. The van der Waals surface area contributed by atoms with E-state index in [1.165, 1.54) is 0 Å². The zero-order valence-corrected chi connectivity index (χ0v) is 12.1. The third-order valence-electron chi connectivity index (χ3n) is 2.54. The summed E-state index contributed by atoms with van der Waals surface area (Å²) < 4.78 is 28.0. The molecular weight excluding hydrogens is 272 g/mol. The Balaban J connectivity index is 2.54.